The van der Waals surface area contributed by atoms with Gasteiger partial charge in [-0.25, -0.2) is 0 Å². The molecular formula is C15H20N2OS. The van der Waals surface area contributed by atoms with Gasteiger partial charge in [0.2, 0.25) is 0 Å². The van der Waals surface area contributed by atoms with Gasteiger partial charge in [-0.2, -0.15) is 0 Å². The first-order valence-corrected chi connectivity index (χ1v) is 8.24. The van der Waals surface area contributed by atoms with Gasteiger partial charge in [0.15, 0.2) is 0 Å². The van der Waals surface area contributed by atoms with Gasteiger partial charge in [0.1, 0.15) is 0 Å². The summed E-state index contributed by atoms with van der Waals surface area (Å²) in [5.74, 6) is 0.752. The molecule has 0 aliphatic carbocycles. The van der Waals surface area contributed by atoms with Crippen LogP contribution in [0.25, 0.3) is 10.8 Å². The quantitative estimate of drug-likeness (QED) is 0.881. The Kier molecular flexibility index (Phi) is 5.05. The second kappa shape index (κ2) is 6.78. The number of aromatic nitrogens is 1. The van der Waals surface area contributed by atoms with Crippen molar-refractivity contribution in [3.63, 3.8) is 0 Å². The second-order valence-electron chi connectivity index (χ2n) is 4.87. The Morgan fingerprint density at radius 3 is 2.89 bits per heavy atom. The molecule has 1 heterocycles. The number of nitrogens with zero attached hydrogens (tertiary/aromatic N) is 1. The fraction of sp³-hybridized carbons (Fsp3) is 0.400. The number of benzene rings is 1. The van der Waals surface area contributed by atoms with Gasteiger partial charge >= 0.3 is 0 Å². The summed E-state index contributed by atoms with van der Waals surface area (Å²) in [4.78, 5) is 4.28. The van der Waals surface area contributed by atoms with Crippen molar-refractivity contribution in [2.45, 2.75) is 25.9 Å². The molecule has 2 aromatic rings. The highest BCUT2D eigenvalue weighted by molar-refractivity contribution is 7.84. The fourth-order valence-corrected chi connectivity index (χ4v) is 2.73. The van der Waals surface area contributed by atoms with Crippen LogP contribution in [-0.2, 0) is 17.3 Å². The summed E-state index contributed by atoms with van der Waals surface area (Å²) in [5, 5.41) is 5.89. The largest absolute Gasteiger partial charge is 0.310 e. The fourth-order valence-electron chi connectivity index (χ4n) is 2.05. The molecule has 0 saturated carbocycles. The summed E-state index contributed by atoms with van der Waals surface area (Å²) in [7, 11) is -0.709. The summed E-state index contributed by atoms with van der Waals surface area (Å²) >= 11 is 0. The number of rotatable bonds is 6. The van der Waals surface area contributed by atoms with Crippen LogP contribution in [0.2, 0.25) is 0 Å². The standard InChI is InChI=1S/C15H20N2OS/c1-12(7-8-19(2)18)17-11-14-10-16-9-13-5-3-4-6-15(13)14/h3-6,9-10,12,17H,7-8,11H2,1-2H3. The third kappa shape index (κ3) is 4.11. The molecule has 4 heteroatoms. The van der Waals surface area contributed by atoms with Crippen LogP contribution in [0.4, 0.5) is 0 Å². The van der Waals surface area contributed by atoms with Gasteiger partial charge in [-0.05, 0) is 24.3 Å². The van der Waals surface area contributed by atoms with Gasteiger partial charge in [0, 0.05) is 53.2 Å². The zero-order valence-electron chi connectivity index (χ0n) is 11.4. The Morgan fingerprint density at radius 2 is 2.11 bits per heavy atom. The Morgan fingerprint density at radius 1 is 1.32 bits per heavy atom. The molecule has 102 valence electrons. The monoisotopic (exact) mass is 276 g/mol. The van der Waals surface area contributed by atoms with Crippen LogP contribution in [0.1, 0.15) is 18.9 Å². The summed E-state index contributed by atoms with van der Waals surface area (Å²) < 4.78 is 11.1. The zero-order valence-corrected chi connectivity index (χ0v) is 12.2. The predicted octanol–water partition coefficient (Wildman–Crippen LogP) is 2.48. The average molecular weight is 276 g/mol. The van der Waals surface area contributed by atoms with E-state index >= 15 is 0 Å². The topological polar surface area (TPSA) is 42.0 Å². The number of nitrogens with one attached hydrogen (secondary N) is 1. The maximum absolute atomic E-state index is 11.1. The van der Waals surface area contributed by atoms with E-state index in [0.29, 0.717) is 6.04 Å². The second-order valence-corrected chi connectivity index (χ2v) is 6.42. The van der Waals surface area contributed by atoms with E-state index in [0.717, 1.165) is 18.7 Å². The number of hydrogen-bond acceptors (Lipinski definition) is 3. The van der Waals surface area contributed by atoms with Gasteiger partial charge in [-0.15, -0.1) is 0 Å². The first-order valence-electron chi connectivity index (χ1n) is 6.52. The molecular weight excluding hydrogens is 256 g/mol. The van der Waals surface area contributed by atoms with Crippen molar-refractivity contribution >= 4 is 21.6 Å². The van der Waals surface area contributed by atoms with E-state index < -0.39 is 10.8 Å². The van der Waals surface area contributed by atoms with Crippen molar-refractivity contribution < 1.29 is 4.21 Å². The molecule has 3 nitrogen and oxygen atoms in total. The van der Waals surface area contributed by atoms with E-state index in [1.54, 1.807) is 6.26 Å². The molecule has 2 rings (SSSR count). The Hall–Kier alpha value is -1.26. The van der Waals surface area contributed by atoms with Crippen molar-refractivity contribution in [1.82, 2.24) is 10.3 Å². The molecule has 0 aliphatic rings. The van der Waals surface area contributed by atoms with E-state index in [1.165, 1.54) is 16.3 Å². The first-order chi connectivity index (χ1) is 9.16. The van der Waals surface area contributed by atoms with Crippen LogP contribution in [0, 0.1) is 0 Å². The van der Waals surface area contributed by atoms with Gasteiger partial charge in [-0.3, -0.25) is 9.19 Å². The van der Waals surface area contributed by atoms with Gasteiger partial charge in [0.05, 0.1) is 0 Å². The van der Waals surface area contributed by atoms with Crippen LogP contribution in [-0.4, -0.2) is 27.2 Å². The minimum Gasteiger partial charge on any atom is -0.310 e. The molecule has 2 unspecified atom stereocenters. The number of fused-ring (bicyclic) bond motifs is 1. The van der Waals surface area contributed by atoms with Gasteiger partial charge < -0.3 is 5.32 Å². The highest BCUT2D eigenvalue weighted by atomic mass is 32.2. The third-order valence-electron chi connectivity index (χ3n) is 3.23. The van der Waals surface area contributed by atoms with E-state index in [2.05, 4.69) is 35.4 Å². The number of pyridine rings is 1. The SMILES string of the molecule is CC(CCS(C)=O)NCc1cncc2ccccc12. The van der Waals surface area contributed by atoms with Crippen LogP contribution in [0.15, 0.2) is 36.7 Å². The Balaban J connectivity index is 2.00. The maximum Gasteiger partial charge on any atom is 0.0346 e. The molecule has 1 aromatic carbocycles. The maximum atomic E-state index is 11.1. The molecule has 0 saturated heterocycles. The summed E-state index contributed by atoms with van der Waals surface area (Å²) in [6.07, 6.45) is 6.49. The molecule has 2 atom stereocenters. The van der Waals surface area contributed by atoms with Crippen molar-refractivity contribution in [2.24, 2.45) is 0 Å². The Bertz CT molecular complexity index is 566. The van der Waals surface area contributed by atoms with E-state index in [9.17, 15) is 4.21 Å². The van der Waals surface area contributed by atoms with E-state index in [4.69, 9.17) is 0 Å². The zero-order chi connectivity index (χ0) is 13.7. The van der Waals surface area contributed by atoms with Crippen LogP contribution in [0.3, 0.4) is 0 Å². The normalized spacial score (nSPS) is 14.4. The lowest BCUT2D eigenvalue weighted by Crippen LogP contribution is -2.27. The molecule has 0 fully saturated rings. The molecule has 0 aliphatic heterocycles. The molecule has 1 aromatic heterocycles. The van der Waals surface area contributed by atoms with Gasteiger partial charge in [0.25, 0.3) is 0 Å². The van der Waals surface area contributed by atoms with Crippen molar-refractivity contribution in [1.29, 1.82) is 0 Å². The Labute approximate surface area is 116 Å². The molecule has 1 N–H and O–H groups in total. The van der Waals surface area contributed by atoms with Crippen molar-refractivity contribution in [3.8, 4) is 0 Å². The van der Waals surface area contributed by atoms with Crippen LogP contribution < -0.4 is 5.32 Å². The summed E-state index contributed by atoms with van der Waals surface area (Å²) in [6, 6.07) is 8.65. The lowest BCUT2D eigenvalue weighted by atomic mass is 10.1. The first kappa shape index (κ1) is 14.2. The van der Waals surface area contributed by atoms with E-state index in [1.807, 2.05) is 18.5 Å². The lowest BCUT2D eigenvalue weighted by molar-refractivity contribution is 0.535. The van der Waals surface area contributed by atoms with E-state index in [-0.39, 0.29) is 0 Å². The molecule has 0 radical (unpaired) electrons. The predicted molar refractivity (Wildman–Crippen MR) is 81.6 cm³/mol. The molecule has 0 amide bonds. The van der Waals surface area contributed by atoms with Crippen LogP contribution >= 0.6 is 0 Å². The highest BCUT2D eigenvalue weighted by Crippen LogP contribution is 2.16. The lowest BCUT2D eigenvalue weighted by Gasteiger charge is -2.14. The summed E-state index contributed by atoms with van der Waals surface area (Å²) in [6.45, 7) is 2.93. The summed E-state index contributed by atoms with van der Waals surface area (Å²) in [5.41, 5.74) is 1.21. The molecule has 19 heavy (non-hydrogen) atoms. The molecule has 0 spiro atoms. The molecule has 0 bridgehead atoms. The number of hydrogen-bond donors (Lipinski definition) is 1. The minimum absolute atomic E-state index is 0.364. The van der Waals surface area contributed by atoms with Crippen molar-refractivity contribution in [3.05, 3.63) is 42.2 Å². The third-order valence-corrected chi connectivity index (χ3v) is 4.04. The van der Waals surface area contributed by atoms with Crippen LogP contribution in [0.5, 0.6) is 0 Å². The minimum atomic E-state index is -0.709. The highest BCUT2D eigenvalue weighted by Gasteiger charge is 2.05. The van der Waals surface area contributed by atoms with Crippen molar-refractivity contribution in [2.75, 3.05) is 12.0 Å². The smallest absolute Gasteiger partial charge is 0.0346 e. The average Bonchev–Trinajstić information content (AvgIpc) is 2.42. The van der Waals surface area contributed by atoms with Gasteiger partial charge in [-0.1, -0.05) is 24.3 Å².